The molecule has 1 heterocycles. The summed E-state index contributed by atoms with van der Waals surface area (Å²) in [5.41, 5.74) is -0.519. The second kappa shape index (κ2) is 5.44. The third-order valence-electron chi connectivity index (χ3n) is 3.32. The summed E-state index contributed by atoms with van der Waals surface area (Å²) in [6, 6.07) is 7.31. The molecular weight excluding hydrogens is 294 g/mol. The number of benzene rings is 1. The Labute approximate surface area is 123 Å². The lowest BCUT2D eigenvalue weighted by Crippen LogP contribution is -2.42. The summed E-state index contributed by atoms with van der Waals surface area (Å²) < 4.78 is 28.9. The number of aliphatic hydroxyl groups is 1. The van der Waals surface area contributed by atoms with Crippen LogP contribution >= 0.6 is 11.3 Å². The number of sulfonamides is 1. The van der Waals surface area contributed by atoms with Crippen LogP contribution in [0.3, 0.4) is 0 Å². The van der Waals surface area contributed by atoms with Crippen molar-refractivity contribution in [2.24, 2.45) is 0 Å². The highest BCUT2D eigenvalue weighted by Crippen LogP contribution is 2.35. The van der Waals surface area contributed by atoms with Gasteiger partial charge in [0.15, 0.2) is 0 Å². The van der Waals surface area contributed by atoms with E-state index in [1.54, 1.807) is 12.1 Å². The Balaban J connectivity index is 2.62. The second-order valence-electron chi connectivity index (χ2n) is 5.35. The Bertz CT molecular complexity index is 717. The van der Waals surface area contributed by atoms with Crippen LogP contribution in [0, 0.1) is 0 Å². The van der Waals surface area contributed by atoms with Gasteiger partial charge in [0.05, 0.1) is 11.5 Å². The van der Waals surface area contributed by atoms with Gasteiger partial charge in [-0.15, -0.1) is 11.3 Å². The topological polar surface area (TPSA) is 66.4 Å². The minimum Gasteiger partial charge on any atom is -0.391 e. The van der Waals surface area contributed by atoms with Gasteiger partial charge in [0.2, 0.25) is 10.0 Å². The molecule has 0 saturated heterocycles. The molecule has 1 aromatic heterocycles. The lowest BCUT2D eigenvalue weighted by Gasteiger charge is -2.24. The fourth-order valence-corrected chi connectivity index (χ4v) is 5.24. The van der Waals surface area contributed by atoms with Crippen molar-refractivity contribution in [1.82, 2.24) is 4.72 Å². The Kier molecular flexibility index (Phi) is 4.20. The van der Waals surface area contributed by atoms with Crippen LogP contribution in [0.5, 0.6) is 0 Å². The maximum Gasteiger partial charge on any atom is 0.242 e. The zero-order valence-corrected chi connectivity index (χ0v) is 13.4. The highest BCUT2D eigenvalue weighted by atomic mass is 32.2. The Morgan fingerprint density at radius 1 is 1.30 bits per heavy atom. The van der Waals surface area contributed by atoms with E-state index >= 15 is 0 Å². The monoisotopic (exact) mass is 313 g/mol. The molecule has 0 fully saturated rings. The molecule has 2 aromatic rings. The molecule has 20 heavy (non-hydrogen) atoms. The first-order valence-corrected chi connectivity index (χ1v) is 8.76. The van der Waals surface area contributed by atoms with E-state index in [0.29, 0.717) is 16.7 Å². The summed E-state index contributed by atoms with van der Waals surface area (Å²) in [6.45, 7) is 5.35. The summed E-state index contributed by atoms with van der Waals surface area (Å²) in [5, 5.41) is 10.1. The van der Waals surface area contributed by atoms with Gasteiger partial charge < -0.3 is 5.11 Å². The molecule has 0 radical (unpaired) electrons. The van der Waals surface area contributed by atoms with E-state index < -0.39 is 15.6 Å². The average Bonchev–Trinajstić information content (AvgIpc) is 2.76. The Hall–Kier alpha value is -0.950. The van der Waals surface area contributed by atoms with Crippen LogP contribution in [0.15, 0.2) is 29.2 Å². The summed E-state index contributed by atoms with van der Waals surface area (Å²) in [6.07, 6.45) is 0.683. The van der Waals surface area contributed by atoms with Crippen molar-refractivity contribution in [2.75, 3.05) is 0 Å². The molecule has 0 bridgehead atoms. The third-order valence-corrected chi connectivity index (χ3v) is 6.43. The third kappa shape index (κ3) is 2.88. The van der Waals surface area contributed by atoms with E-state index in [1.807, 2.05) is 32.9 Å². The first-order valence-electron chi connectivity index (χ1n) is 6.46. The SMILES string of the molecule is CCC(C)(C)NS(=O)(=O)c1c(CO)sc2ccccc12. The zero-order valence-electron chi connectivity index (χ0n) is 11.8. The predicted octanol–water partition coefficient (Wildman–Crippen LogP) is 2.86. The molecule has 0 aliphatic rings. The van der Waals surface area contributed by atoms with E-state index in [1.165, 1.54) is 11.3 Å². The maximum atomic E-state index is 12.6. The largest absolute Gasteiger partial charge is 0.391 e. The molecule has 6 heteroatoms. The molecule has 0 aliphatic heterocycles. The van der Waals surface area contributed by atoms with Crippen molar-refractivity contribution in [3.05, 3.63) is 29.1 Å². The number of hydrogen-bond donors (Lipinski definition) is 2. The van der Waals surface area contributed by atoms with Crippen molar-refractivity contribution in [3.63, 3.8) is 0 Å². The van der Waals surface area contributed by atoms with Crippen LogP contribution < -0.4 is 4.72 Å². The van der Waals surface area contributed by atoms with Crippen molar-refractivity contribution in [2.45, 2.75) is 44.2 Å². The molecule has 0 unspecified atom stereocenters. The van der Waals surface area contributed by atoms with E-state index in [0.717, 1.165) is 4.70 Å². The van der Waals surface area contributed by atoms with Crippen LogP contribution in [0.4, 0.5) is 0 Å². The molecule has 0 aliphatic carbocycles. The van der Waals surface area contributed by atoms with Crippen LogP contribution in [-0.4, -0.2) is 19.1 Å². The second-order valence-corrected chi connectivity index (χ2v) is 8.11. The van der Waals surface area contributed by atoms with Crippen LogP contribution in [-0.2, 0) is 16.6 Å². The van der Waals surface area contributed by atoms with Crippen molar-refractivity contribution >= 4 is 31.4 Å². The van der Waals surface area contributed by atoms with Gasteiger partial charge in [-0.2, -0.15) is 0 Å². The highest BCUT2D eigenvalue weighted by Gasteiger charge is 2.29. The lowest BCUT2D eigenvalue weighted by molar-refractivity contribution is 0.282. The van der Waals surface area contributed by atoms with Crippen LogP contribution in [0.25, 0.3) is 10.1 Å². The number of thiophene rings is 1. The Morgan fingerprint density at radius 2 is 1.95 bits per heavy atom. The van der Waals surface area contributed by atoms with Crippen molar-refractivity contribution in [3.8, 4) is 0 Å². The fourth-order valence-electron chi connectivity index (χ4n) is 1.96. The first kappa shape index (κ1) is 15.4. The van der Waals surface area contributed by atoms with Gasteiger partial charge in [0.25, 0.3) is 0 Å². The zero-order chi connectivity index (χ0) is 15.0. The number of hydrogen-bond acceptors (Lipinski definition) is 4. The summed E-state index contributed by atoms with van der Waals surface area (Å²) >= 11 is 1.32. The molecule has 0 amide bonds. The van der Waals surface area contributed by atoms with Crippen LogP contribution in [0.1, 0.15) is 32.1 Å². The standard InChI is InChI=1S/C14H19NO3S2/c1-4-14(2,3)15-20(17,18)13-10-7-5-6-8-11(10)19-12(13)9-16/h5-8,15-16H,4,9H2,1-3H3. The Morgan fingerprint density at radius 3 is 2.55 bits per heavy atom. The summed E-state index contributed by atoms with van der Waals surface area (Å²) in [5.74, 6) is 0. The minimum atomic E-state index is -3.66. The molecule has 2 N–H and O–H groups in total. The van der Waals surface area contributed by atoms with Crippen molar-refractivity contribution < 1.29 is 13.5 Å². The molecule has 110 valence electrons. The normalized spacial score (nSPS) is 13.0. The number of rotatable bonds is 5. The molecule has 2 rings (SSSR count). The quantitative estimate of drug-likeness (QED) is 0.892. The smallest absolute Gasteiger partial charge is 0.242 e. The summed E-state index contributed by atoms with van der Waals surface area (Å²) in [4.78, 5) is 0.688. The van der Waals surface area contributed by atoms with Gasteiger partial charge in [-0.3, -0.25) is 0 Å². The van der Waals surface area contributed by atoms with Gasteiger partial charge >= 0.3 is 0 Å². The van der Waals surface area contributed by atoms with Gasteiger partial charge in [-0.25, -0.2) is 13.1 Å². The molecule has 4 nitrogen and oxygen atoms in total. The van der Waals surface area contributed by atoms with Gasteiger partial charge in [0.1, 0.15) is 4.90 Å². The van der Waals surface area contributed by atoms with Crippen molar-refractivity contribution in [1.29, 1.82) is 0 Å². The number of fused-ring (bicyclic) bond motifs is 1. The number of aliphatic hydroxyl groups excluding tert-OH is 1. The summed E-state index contributed by atoms with van der Waals surface area (Å²) in [7, 11) is -3.66. The van der Waals surface area contributed by atoms with E-state index in [4.69, 9.17) is 0 Å². The highest BCUT2D eigenvalue weighted by molar-refractivity contribution is 7.90. The molecule has 0 atom stereocenters. The van der Waals surface area contributed by atoms with Gasteiger partial charge in [0, 0.05) is 15.6 Å². The van der Waals surface area contributed by atoms with Gasteiger partial charge in [-0.05, 0) is 26.3 Å². The van der Waals surface area contributed by atoms with Gasteiger partial charge in [-0.1, -0.05) is 25.1 Å². The predicted molar refractivity (Wildman–Crippen MR) is 82.4 cm³/mol. The molecule has 0 spiro atoms. The fraction of sp³-hybridized carbons (Fsp3) is 0.429. The minimum absolute atomic E-state index is 0.210. The molecular formula is C14H19NO3S2. The van der Waals surface area contributed by atoms with E-state index in [-0.39, 0.29) is 11.5 Å². The van der Waals surface area contributed by atoms with Crippen LogP contribution in [0.2, 0.25) is 0 Å². The maximum absolute atomic E-state index is 12.6. The molecule has 0 saturated carbocycles. The number of nitrogens with one attached hydrogen (secondary N) is 1. The first-order chi connectivity index (χ1) is 9.30. The lowest BCUT2D eigenvalue weighted by atomic mass is 10.0. The van der Waals surface area contributed by atoms with E-state index in [9.17, 15) is 13.5 Å². The van der Waals surface area contributed by atoms with E-state index in [2.05, 4.69) is 4.72 Å². The average molecular weight is 313 g/mol. The molecule has 1 aromatic carbocycles.